The van der Waals surface area contributed by atoms with Gasteiger partial charge in [0.2, 0.25) is 5.91 Å². The van der Waals surface area contributed by atoms with E-state index in [1.807, 2.05) is 48.5 Å². The Morgan fingerprint density at radius 3 is 2.56 bits per heavy atom. The number of aliphatic hydroxyl groups excluding tert-OH is 1. The Hall–Kier alpha value is -2.81. The number of carbonyl (C=O) groups excluding carboxylic acids is 1. The Bertz CT molecular complexity index is 914. The summed E-state index contributed by atoms with van der Waals surface area (Å²) in [6.07, 6.45) is 0.0673. The molecule has 8 heteroatoms. The molecule has 3 atom stereocenters. The molecule has 1 fully saturated rings. The first-order valence-electron chi connectivity index (χ1n) is 11.0. The summed E-state index contributed by atoms with van der Waals surface area (Å²) in [5, 5.41) is 17.7. The van der Waals surface area contributed by atoms with Crippen LogP contribution >= 0.6 is 0 Å². The Labute approximate surface area is 188 Å². The summed E-state index contributed by atoms with van der Waals surface area (Å²) in [7, 11) is 1.60. The maximum Gasteiger partial charge on any atom is 0.226 e. The molecule has 172 valence electrons. The van der Waals surface area contributed by atoms with Crippen LogP contribution < -0.4 is 30.6 Å². The lowest BCUT2D eigenvalue weighted by Crippen LogP contribution is -2.61. The van der Waals surface area contributed by atoms with Crippen molar-refractivity contribution in [3.05, 3.63) is 54.1 Å². The first-order chi connectivity index (χ1) is 15.5. The number of nitrogens with one attached hydrogen (secondary N) is 2. The van der Waals surface area contributed by atoms with Crippen LogP contribution in [-0.2, 0) is 4.79 Å². The number of carbonyl (C=O) groups is 1. The Kier molecular flexibility index (Phi) is 6.83. The second kappa shape index (κ2) is 9.77. The van der Waals surface area contributed by atoms with Gasteiger partial charge in [-0.3, -0.25) is 4.79 Å². The maximum atomic E-state index is 12.7. The van der Waals surface area contributed by atoms with Gasteiger partial charge in [-0.15, -0.1) is 0 Å². The number of rotatable bonds is 8. The van der Waals surface area contributed by atoms with Gasteiger partial charge in [0, 0.05) is 12.1 Å². The molecule has 5 N–H and O–H groups in total. The predicted octanol–water partition coefficient (Wildman–Crippen LogP) is 1.18. The van der Waals surface area contributed by atoms with Gasteiger partial charge in [-0.1, -0.05) is 24.3 Å². The number of primary amides is 1. The molecular weight excluding hydrogens is 410 g/mol. The second-order valence-corrected chi connectivity index (χ2v) is 8.38. The Morgan fingerprint density at radius 2 is 1.91 bits per heavy atom. The number of aliphatic hydroxyl groups is 1. The first-order valence-corrected chi connectivity index (χ1v) is 11.0. The van der Waals surface area contributed by atoms with Crippen LogP contribution in [0.25, 0.3) is 0 Å². The Morgan fingerprint density at radius 1 is 1.22 bits per heavy atom. The van der Waals surface area contributed by atoms with Gasteiger partial charge in [0.15, 0.2) is 17.6 Å². The number of β-amino-alcohol motifs (C(OH)–C–C–N with tert-alkyl or cyclic N) is 1. The third-order valence-corrected chi connectivity index (χ3v) is 6.41. The molecule has 0 radical (unpaired) electrons. The highest BCUT2D eigenvalue weighted by Crippen LogP contribution is 2.36. The molecule has 0 aliphatic carbocycles. The normalized spacial score (nSPS) is 21.4. The molecule has 4 rings (SSSR count). The Balaban J connectivity index is 1.51. The van der Waals surface area contributed by atoms with Crippen LogP contribution in [0.2, 0.25) is 0 Å². The van der Waals surface area contributed by atoms with E-state index in [0.29, 0.717) is 24.3 Å². The standard InChI is InChI=1S/C24H31N3O5/c1-30-17-8-6-16(7-9-17)22(23(25)29)24(10-12-26-13-11-24)27-14-18(28)21-15-31-19-4-2-3-5-20(19)32-21/h2-9,18,21-22,26-28H,10-15H2,1H3,(H2,25,29). The van der Waals surface area contributed by atoms with E-state index in [-0.39, 0.29) is 13.2 Å². The smallest absolute Gasteiger partial charge is 0.226 e. The van der Waals surface area contributed by atoms with Crippen molar-refractivity contribution in [1.29, 1.82) is 0 Å². The molecule has 1 amide bonds. The first kappa shape index (κ1) is 22.4. The van der Waals surface area contributed by atoms with Crippen LogP contribution in [0.5, 0.6) is 17.2 Å². The molecule has 2 aliphatic rings. The molecule has 0 spiro atoms. The van der Waals surface area contributed by atoms with Crippen LogP contribution in [0.1, 0.15) is 24.3 Å². The fourth-order valence-corrected chi connectivity index (χ4v) is 4.66. The number of fused-ring (bicyclic) bond motifs is 1. The molecule has 0 saturated carbocycles. The highest BCUT2D eigenvalue weighted by atomic mass is 16.6. The van der Waals surface area contributed by atoms with Crippen LogP contribution in [0.15, 0.2) is 48.5 Å². The van der Waals surface area contributed by atoms with E-state index in [1.165, 1.54) is 0 Å². The number of piperidine rings is 1. The summed E-state index contributed by atoms with van der Waals surface area (Å²) in [5.41, 5.74) is 6.16. The van der Waals surface area contributed by atoms with E-state index in [4.69, 9.17) is 19.9 Å². The molecule has 8 nitrogen and oxygen atoms in total. The van der Waals surface area contributed by atoms with Crippen molar-refractivity contribution in [2.24, 2.45) is 5.73 Å². The molecule has 0 bridgehead atoms. The number of para-hydroxylation sites is 2. The van der Waals surface area contributed by atoms with Gasteiger partial charge in [0.05, 0.1) is 13.0 Å². The van der Waals surface area contributed by atoms with Gasteiger partial charge >= 0.3 is 0 Å². The molecule has 0 aromatic heterocycles. The van der Waals surface area contributed by atoms with E-state index in [9.17, 15) is 9.90 Å². The van der Waals surface area contributed by atoms with Crippen molar-refractivity contribution in [3.8, 4) is 17.2 Å². The summed E-state index contributed by atoms with van der Waals surface area (Å²) in [5.74, 6) is 1.06. The van der Waals surface area contributed by atoms with Crippen molar-refractivity contribution < 1.29 is 24.1 Å². The summed E-state index contributed by atoms with van der Waals surface area (Å²) in [4.78, 5) is 12.7. The lowest BCUT2D eigenvalue weighted by atomic mass is 9.72. The van der Waals surface area contributed by atoms with Crippen molar-refractivity contribution in [2.75, 3.05) is 33.4 Å². The number of methoxy groups -OCH3 is 1. The van der Waals surface area contributed by atoms with Gasteiger partial charge in [-0.2, -0.15) is 0 Å². The van der Waals surface area contributed by atoms with Gasteiger partial charge in [0.25, 0.3) is 0 Å². The maximum absolute atomic E-state index is 12.7. The van der Waals surface area contributed by atoms with Crippen molar-refractivity contribution in [3.63, 3.8) is 0 Å². The molecule has 2 aliphatic heterocycles. The lowest BCUT2D eigenvalue weighted by Gasteiger charge is -2.44. The van der Waals surface area contributed by atoms with E-state index in [2.05, 4.69) is 10.6 Å². The predicted molar refractivity (Wildman–Crippen MR) is 120 cm³/mol. The van der Waals surface area contributed by atoms with E-state index in [0.717, 1.165) is 24.4 Å². The van der Waals surface area contributed by atoms with Crippen LogP contribution in [0.3, 0.4) is 0 Å². The van der Waals surface area contributed by atoms with Crippen LogP contribution in [0.4, 0.5) is 0 Å². The zero-order valence-corrected chi connectivity index (χ0v) is 18.3. The third kappa shape index (κ3) is 4.67. The number of hydrogen-bond acceptors (Lipinski definition) is 7. The summed E-state index contributed by atoms with van der Waals surface area (Å²) < 4.78 is 16.9. The monoisotopic (exact) mass is 441 g/mol. The average molecular weight is 442 g/mol. The van der Waals surface area contributed by atoms with Crippen LogP contribution in [0, 0.1) is 0 Å². The number of ether oxygens (including phenoxy) is 3. The highest BCUT2D eigenvalue weighted by Gasteiger charge is 2.44. The van der Waals surface area contributed by atoms with Gasteiger partial charge in [-0.05, 0) is 55.8 Å². The number of amides is 1. The zero-order valence-electron chi connectivity index (χ0n) is 18.3. The summed E-state index contributed by atoms with van der Waals surface area (Å²) in [6.45, 7) is 2.00. The minimum atomic E-state index is -0.820. The summed E-state index contributed by atoms with van der Waals surface area (Å²) in [6, 6.07) is 14.8. The molecule has 3 unspecified atom stereocenters. The molecule has 2 heterocycles. The van der Waals surface area contributed by atoms with Crippen LogP contribution in [-0.4, -0.2) is 62.1 Å². The molecule has 1 saturated heterocycles. The van der Waals surface area contributed by atoms with E-state index in [1.54, 1.807) is 7.11 Å². The minimum absolute atomic E-state index is 0.246. The van der Waals surface area contributed by atoms with E-state index < -0.39 is 29.6 Å². The van der Waals surface area contributed by atoms with Gasteiger partial charge < -0.3 is 35.7 Å². The molecule has 2 aromatic carbocycles. The number of benzene rings is 2. The lowest BCUT2D eigenvalue weighted by molar-refractivity contribution is -0.122. The molecule has 32 heavy (non-hydrogen) atoms. The molecular formula is C24H31N3O5. The van der Waals surface area contributed by atoms with Gasteiger partial charge in [0.1, 0.15) is 18.5 Å². The quantitative estimate of drug-likeness (QED) is 0.486. The number of nitrogens with two attached hydrogens (primary N) is 1. The fraction of sp³-hybridized carbons (Fsp3) is 0.458. The SMILES string of the molecule is COc1ccc(C(C(N)=O)C2(NCC(O)C3COc4ccccc4O3)CCNCC2)cc1. The van der Waals surface area contributed by atoms with Crippen molar-refractivity contribution in [1.82, 2.24) is 10.6 Å². The topological polar surface area (TPSA) is 115 Å². The minimum Gasteiger partial charge on any atom is -0.497 e. The summed E-state index contributed by atoms with van der Waals surface area (Å²) >= 11 is 0. The van der Waals surface area contributed by atoms with E-state index >= 15 is 0 Å². The zero-order chi connectivity index (χ0) is 22.6. The number of hydrogen-bond donors (Lipinski definition) is 4. The van der Waals surface area contributed by atoms with Crippen molar-refractivity contribution in [2.45, 2.75) is 36.5 Å². The highest BCUT2D eigenvalue weighted by molar-refractivity contribution is 5.84. The molecule has 2 aromatic rings. The fourth-order valence-electron chi connectivity index (χ4n) is 4.66. The second-order valence-electron chi connectivity index (χ2n) is 8.38. The largest absolute Gasteiger partial charge is 0.497 e. The third-order valence-electron chi connectivity index (χ3n) is 6.41. The average Bonchev–Trinajstić information content (AvgIpc) is 2.83. The van der Waals surface area contributed by atoms with Gasteiger partial charge in [-0.25, -0.2) is 0 Å². The van der Waals surface area contributed by atoms with Crippen molar-refractivity contribution >= 4 is 5.91 Å².